The third-order valence-corrected chi connectivity index (χ3v) is 2.82. The van der Waals surface area contributed by atoms with Crippen LogP contribution < -0.4 is 0 Å². The van der Waals surface area contributed by atoms with Crippen molar-refractivity contribution < 1.29 is 19.7 Å². The highest BCUT2D eigenvalue weighted by atomic mass is 127. The van der Waals surface area contributed by atoms with E-state index in [1.807, 2.05) is 0 Å². The van der Waals surface area contributed by atoms with Crippen molar-refractivity contribution in [3.05, 3.63) is 0 Å². The van der Waals surface area contributed by atoms with E-state index in [-0.39, 0.29) is 12.4 Å². The fourth-order valence-electron chi connectivity index (χ4n) is 1.19. The number of halogens is 1. The van der Waals surface area contributed by atoms with Gasteiger partial charge in [-0.2, -0.15) is 0 Å². The Morgan fingerprint density at radius 1 is 1.58 bits per heavy atom. The van der Waals surface area contributed by atoms with E-state index in [2.05, 4.69) is 22.6 Å². The van der Waals surface area contributed by atoms with E-state index >= 15 is 0 Å². The zero-order valence-electron chi connectivity index (χ0n) is 6.81. The summed E-state index contributed by atoms with van der Waals surface area (Å²) in [5.74, 6) is 0. The van der Waals surface area contributed by atoms with Crippen molar-refractivity contribution in [3.8, 4) is 0 Å². The van der Waals surface area contributed by atoms with Crippen LogP contribution in [0.5, 0.6) is 0 Å². The summed E-state index contributed by atoms with van der Waals surface area (Å²) in [6, 6.07) is 0. The first-order chi connectivity index (χ1) is 5.69. The van der Waals surface area contributed by atoms with Crippen LogP contribution >= 0.6 is 22.6 Å². The second-order valence-corrected chi connectivity index (χ2v) is 3.67. The molecule has 4 nitrogen and oxygen atoms in total. The molecule has 0 saturated carbocycles. The van der Waals surface area contributed by atoms with Crippen LogP contribution in [0, 0.1) is 0 Å². The molecule has 1 aliphatic heterocycles. The number of ether oxygens (including phenoxy) is 2. The second-order valence-electron chi connectivity index (χ2n) is 2.79. The molecule has 0 amide bonds. The van der Waals surface area contributed by atoms with Gasteiger partial charge in [0.2, 0.25) is 0 Å². The lowest BCUT2D eigenvalue weighted by molar-refractivity contribution is -0.235. The molecule has 72 valence electrons. The van der Waals surface area contributed by atoms with Crippen molar-refractivity contribution in [1.82, 2.24) is 0 Å². The molecule has 1 fully saturated rings. The summed E-state index contributed by atoms with van der Waals surface area (Å²) in [5.41, 5.74) is 0. The van der Waals surface area contributed by atoms with Gasteiger partial charge in [-0.05, 0) is 0 Å². The fourth-order valence-corrected chi connectivity index (χ4v) is 1.92. The molecule has 1 aliphatic rings. The molecule has 4 unspecified atom stereocenters. The highest BCUT2D eigenvalue weighted by Gasteiger charge is 2.35. The van der Waals surface area contributed by atoms with Gasteiger partial charge in [0.25, 0.3) is 0 Å². The lowest BCUT2D eigenvalue weighted by Gasteiger charge is -2.35. The lowest BCUT2D eigenvalue weighted by atomic mass is 10.0. The Balaban J connectivity index is 2.52. The lowest BCUT2D eigenvalue weighted by Crippen LogP contribution is -2.49. The normalized spacial score (nSPS) is 43.0. The topological polar surface area (TPSA) is 58.9 Å². The Kier molecular flexibility index (Phi) is 4.18. The number of rotatable bonds is 2. The largest absolute Gasteiger partial charge is 0.390 e. The number of aliphatic hydroxyl groups excluding tert-OH is 2. The van der Waals surface area contributed by atoms with Gasteiger partial charge in [0, 0.05) is 18.0 Å². The standard InChI is InChI=1S/C7H13IO4/c1-11-6-2-4(9)7(10)5(3-8)12-6/h4-7,9-10H,2-3H2,1H3. The van der Waals surface area contributed by atoms with E-state index in [1.165, 1.54) is 7.11 Å². The van der Waals surface area contributed by atoms with Crippen molar-refractivity contribution >= 4 is 22.6 Å². The molecule has 12 heavy (non-hydrogen) atoms. The molecule has 0 aliphatic carbocycles. The SMILES string of the molecule is COC1CC(O)C(O)C(CI)O1. The third-order valence-electron chi connectivity index (χ3n) is 1.95. The Morgan fingerprint density at radius 2 is 2.25 bits per heavy atom. The summed E-state index contributed by atoms with van der Waals surface area (Å²) in [5, 5.41) is 18.8. The summed E-state index contributed by atoms with van der Waals surface area (Å²) >= 11 is 2.11. The van der Waals surface area contributed by atoms with Crippen LogP contribution in [0.25, 0.3) is 0 Å². The fraction of sp³-hybridized carbons (Fsp3) is 1.00. The average molecular weight is 288 g/mol. The molecule has 1 heterocycles. The molecular formula is C7H13IO4. The van der Waals surface area contributed by atoms with Crippen molar-refractivity contribution in [2.24, 2.45) is 0 Å². The second kappa shape index (κ2) is 4.71. The first kappa shape index (κ1) is 10.6. The Hall–Kier alpha value is 0.570. The highest BCUT2D eigenvalue weighted by Crippen LogP contribution is 2.21. The van der Waals surface area contributed by atoms with E-state index in [4.69, 9.17) is 9.47 Å². The zero-order valence-corrected chi connectivity index (χ0v) is 8.97. The molecule has 4 atom stereocenters. The van der Waals surface area contributed by atoms with Crippen LogP contribution in [-0.2, 0) is 9.47 Å². The van der Waals surface area contributed by atoms with Gasteiger partial charge < -0.3 is 19.7 Å². The van der Waals surface area contributed by atoms with Crippen molar-refractivity contribution in [3.63, 3.8) is 0 Å². The van der Waals surface area contributed by atoms with Crippen molar-refractivity contribution in [2.75, 3.05) is 11.5 Å². The minimum absolute atomic E-state index is 0.320. The van der Waals surface area contributed by atoms with Gasteiger partial charge in [-0.25, -0.2) is 0 Å². The van der Waals surface area contributed by atoms with E-state index in [0.717, 1.165) is 0 Å². The van der Waals surface area contributed by atoms with Gasteiger partial charge in [-0.3, -0.25) is 0 Å². The van der Waals surface area contributed by atoms with Gasteiger partial charge in [-0.1, -0.05) is 22.6 Å². The van der Waals surface area contributed by atoms with Gasteiger partial charge in [0.15, 0.2) is 6.29 Å². The molecular weight excluding hydrogens is 275 g/mol. The number of hydrogen-bond acceptors (Lipinski definition) is 4. The first-order valence-electron chi connectivity index (χ1n) is 3.79. The summed E-state index contributed by atoms with van der Waals surface area (Å²) < 4.78 is 10.9. The summed E-state index contributed by atoms with van der Waals surface area (Å²) in [6.45, 7) is 0. The molecule has 1 saturated heterocycles. The van der Waals surface area contributed by atoms with Crippen LogP contribution in [0.4, 0.5) is 0 Å². The molecule has 0 radical (unpaired) electrons. The monoisotopic (exact) mass is 288 g/mol. The molecule has 5 heteroatoms. The quantitative estimate of drug-likeness (QED) is 0.550. The minimum Gasteiger partial charge on any atom is -0.390 e. The van der Waals surface area contributed by atoms with E-state index in [0.29, 0.717) is 10.8 Å². The maximum absolute atomic E-state index is 9.42. The molecule has 2 N–H and O–H groups in total. The predicted molar refractivity (Wildman–Crippen MR) is 51.2 cm³/mol. The third kappa shape index (κ3) is 2.29. The maximum atomic E-state index is 9.42. The van der Waals surface area contributed by atoms with Crippen LogP contribution in [0.3, 0.4) is 0 Å². The minimum atomic E-state index is -0.784. The molecule has 0 aromatic rings. The number of aliphatic hydroxyl groups is 2. The molecule has 0 aromatic heterocycles. The van der Waals surface area contributed by atoms with Crippen molar-refractivity contribution in [2.45, 2.75) is 31.0 Å². The van der Waals surface area contributed by atoms with Crippen molar-refractivity contribution in [1.29, 1.82) is 0 Å². The van der Waals surface area contributed by atoms with Crippen LogP contribution in [0.1, 0.15) is 6.42 Å². The number of alkyl halides is 1. The first-order valence-corrected chi connectivity index (χ1v) is 5.32. The van der Waals surface area contributed by atoms with Gasteiger partial charge in [0.1, 0.15) is 6.10 Å². The van der Waals surface area contributed by atoms with E-state index in [9.17, 15) is 10.2 Å². The Morgan fingerprint density at radius 3 is 2.75 bits per heavy atom. The molecule has 0 spiro atoms. The van der Waals surface area contributed by atoms with Crippen LogP contribution in [0.2, 0.25) is 0 Å². The van der Waals surface area contributed by atoms with Gasteiger partial charge in [-0.15, -0.1) is 0 Å². The number of methoxy groups -OCH3 is 1. The zero-order chi connectivity index (χ0) is 9.14. The molecule has 1 rings (SSSR count). The summed E-state index contributed by atoms with van der Waals surface area (Å²) in [6.07, 6.45) is -1.88. The van der Waals surface area contributed by atoms with Crippen LogP contribution in [0.15, 0.2) is 0 Å². The smallest absolute Gasteiger partial charge is 0.160 e. The summed E-state index contributed by atoms with van der Waals surface area (Å²) in [7, 11) is 1.53. The van der Waals surface area contributed by atoms with Crippen LogP contribution in [-0.4, -0.2) is 46.4 Å². The highest BCUT2D eigenvalue weighted by molar-refractivity contribution is 14.1. The number of hydrogen-bond donors (Lipinski definition) is 2. The van der Waals surface area contributed by atoms with Gasteiger partial charge in [0.05, 0.1) is 12.2 Å². The summed E-state index contributed by atoms with van der Waals surface area (Å²) in [4.78, 5) is 0. The Labute approximate surface area is 85.0 Å². The van der Waals surface area contributed by atoms with Gasteiger partial charge >= 0.3 is 0 Å². The molecule has 0 bridgehead atoms. The maximum Gasteiger partial charge on any atom is 0.160 e. The predicted octanol–water partition coefficient (Wildman–Crippen LogP) is -0.0954. The van der Waals surface area contributed by atoms with E-state index < -0.39 is 12.2 Å². The molecule has 0 aromatic carbocycles. The Bertz CT molecular complexity index is 143. The van der Waals surface area contributed by atoms with E-state index in [1.54, 1.807) is 0 Å². The average Bonchev–Trinajstić information content (AvgIpc) is 2.09.